The first-order valence-corrected chi connectivity index (χ1v) is 4.78. The molecule has 0 bridgehead atoms. The van der Waals surface area contributed by atoms with E-state index in [4.69, 9.17) is 6.42 Å². The number of nitrogens with one attached hydrogen (secondary N) is 2. The van der Waals surface area contributed by atoms with Gasteiger partial charge in [-0.15, -0.1) is 12.3 Å². The van der Waals surface area contributed by atoms with Gasteiger partial charge in [0.1, 0.15) is 0 Å². The van der Waals surface area contributed by atoms with Crippen LogP contribution in [0.25, 0.3) is 0 Å². The van der Waals surface area contributed by atoms with E-state index in [-0.39, 0.29) is 18.0 Å². The second-order valence-electron chi connectivity index (χ2n) is 3.67. The zero-order valence-corrected chi connectivity index (χ0v) is 8.29. The van der Waals surface area contributed by atoms with Crippen LogP contribution < -0.4 is 10.6 Å². The molecule has 1 heterocycles. The minimum absolute atomic E-state index is 0.00737. The van der Waals surface area contributed by atoms with Gasteiger partial charge in [0.2, 0.25) is 5.91 Å². The van der Waals surface area contributed by atoms with Crippen LogP contribution in [0, 0.1) is 12.3 Å². The van der Waals surface area contributed by atoms with Crippen molar-refractivity contribution in [2.24, 2.45) is 0 Å². The third-order valence-electron chi connectivity index (χ3n) is 2.24. The Morgan fingerprint density at radius 2 is 2.57 bits per heavy atom. The Balaban J connectivity index is 2.32. The second kappa shape index (κ2) is 4.99. The van der Waals surface area contributed by atoms with Crippen LogP contribution in [0.5, 0.6) is 0 Å². The number of aliphatic hydroxyl groups is 1. The quantitative estimate of drug-likeness (QED) is 0.520. The Kier molecular flexibility index (Phi) is 3.93. The van der Waals surface area contributed by atoms with Crippen molar-refractivity contribution in [3.05, 3.63) is 0 Å². The number of rotatable bonds is 3. The van der Waals surface area contributed by atoms with Crippen LogP contribution >= 0.6 is 0 Å². The highest BCUT2D eigenvalue weighted by Gasteiger charge is 2.28. The first-order chi connectivity index (χ1) is 6.63. The summed E-state index contributed by atoms with van der Waals surface area (Å²) in [5.74, 6) is 2.41. The van der Waals surface area contributed by atoms with Crippen molar-refractivity contribution in [3.63, 3.8) is 0 Å². The maximum atomic E-state index is 11.5. The van der Waals surface area contributed by atoms with Gasteiger partial charge in [-0.25, -0.2) is 0 Å². The van der Waals surface area contributed by atoms with Crippen molar-refractivity contribution in [3.8, 4) is 12.3 Å². The summed E-state index contributed by atoms with van der Waals surface area (Å²) >= 11 is 0. The van der Waals surface area contributed by atoms with Crippen LogP contribution in [0.3, 0.4) is 0 Å². The minimum Gasteiger partial charge on any atom is -0.392 e. The first kappa shape index (κ1) is 11.0. The smallest absolute Gasteiger partial charge is 0.237 e. The van der Waals surface area contributed by atoms with Crippen molar-refractivity contribution in [2.75, 3.05) is 6.54 Å². The van der Waals surface area contributed by atoms with Crippen molar-refractivity contribution >= 4 is 5.91 Å². The predicted octanol–water partition coefficient (Wildman–Crippen LogP) is -0.763. The molecule has 0 saturated carbocycles. The van der Waals surface area contributed by atoms with E-state index in [1.54, 1.807) is 0 Å². The number of terminal acetylenes is 1. The molecule has 0 aromatic heterocycles. The largest absolute Gasteiger partial charge is 0.392 e. The third kappa shape index (κ3) is 3.02. The number of aliphatic hydroxyl groups excluding tert-OH is 1. The van der Waals surface area contributed by atoms with E-state index in [0.29, 0.717) is 19.4 Å². The summed E-state index contributed by atoms with van der Waals surface area (Å²) in [5, 5.41) is 14.9. The molecule has 1 saturated heterocycles. The fraction of sp³-hybridized carbons (Fsp3) is 0.700. The highest BCUT2D eigenvalue weighted by Crippen LogP contribution is 2.06. The zero-order valence-electron chi connectivity index (χ0n) is 8.29. The second-order valence-corrected chi connectivity index (χ2v) is 3.67. The fourth-order valence-electron chi connectivity index (χ4n) is 1.49. The summed E-state index contributed by atoms with van der Waals surface area (Å²) < 4.78 is 0. The summed E-state index contributed by atoms with van der Waals surface area (Å²) in [5.41, 5.74) is 0. The number of amides is 1. The fourth-order valence-corrected chi connectivity index (χ4v) is 1.49. The van der Waals surface area contributed by atoms with E-state index < -0.39 is 6.10 Å². The highest BCUT2D eigenvalue weighted by molar-refractivity contribution is 5.82. The van der Waals surface area contributed by atoms with E-state index in [2.05, 4.69) is 16.6 Å². The number of carbonyl (C=O) groups is 1. The third-order valence-corrected chi connectivity index (χ3v) is 2.24. The normalized spacial score (nSPS) is 28.1. The van der Waals surface area contributed by atoms with Gasteiger partial charge in [-0.1, -0.05) is 0 Å². The number of hydrogen-bond donors (Lipinski definition) is 3. The lowest BCUT2D eigenvalue weighted by Gasteiger charge is -2.15. The van der Waals surface area contributed by atoms with Crippen molar-refractivity contribution in [1.29, 1.82) is 0 Å². The van der Waals surface area contributed by atoms with E-state index in [1.165, 1.54) is 0 Å². The molecule has 0 spiro atoms. The van der Waals surface area contributed by atoms with Gasteiger partial charge >= 0.3 is 0 Å². The molecule has 3 N–H and O–H groups in total. The predicted molar refractivity (Wildman–Crippen MR) is 53.5 cm³/mol. The Morgan fingerprint density at radius 3 is 3.07 bits per heavy atom. The summed E-state index contributed by atoms with van der Waals surface area (Å²) in [6.45, 7) is 2.35. The van der Waals surface area contributed by atoms with Crippen LogP contribution in [0.1, 0.15) is 19.8 Å². The Labute approximate surface area is 84.1 Å². The molecule has 3 atom stereocenters. The number of β-amino-alcohol motifs (C(OH)–C–C–N with tert-alkyl or cyclic N) is 1. The van der Waals surface area contributed by atoms with E-state index >= 15 is 0 Å². The minimum atomic E-state index is -0.409. The van der Waals surface area contributed by atoms with E-state index in [1.807, 2.05) is 6.92 Å². The van der Waals surface area contributed by atoms with Gasteiger partial charge in [0.15, 0.2) is 0 Å². The van der Waals surface area contributed by atoms with E-state index in [0.717, 1.165) is 0 Å². The molecule has 0 aromatic rings. The van der Waals surface area contributed by atoms with E-state index in [9.17, 15) is 9.90 Å². The molecule has 3 unspecified atom stereocenters. The average Bonchev–Trinajstić information content (AvgIpc) is 2.52. The Bertz CT molecular complexity index is 247. The number of carbonyl (C=O) groups excluding carboxylic acids is 1. The maximum absolute atomic E-state index is 11.5. The molecule has 0 aliphatic carbocycles. The van der Waals surface area contributed by atoms with Gasteiger partial charge in [0.05, 0.1) is 12.1 Å². The van der Waals surface area contributed by atoms with Gasteiger partial charge < -0.3 is 15.7 Å². The van der Waals surface area contributed by atoms with Gasteiger partial charge in [0.25, 0.3) is 0 Å². The molecule has 4 heteroatoms. The summed E-state index contributed by atoms with van der Waals surface area (Å²) in [6, 6.07) is -0.280. The molecule has 1 fully saturated rings. The maximum Gasteiger partial charge on any atom is 0.237 e. The zero-order chi connectivity index (χ0) is 10.6. The molecule has 1 rings (SSSR count). The monoisotopic (exact) mass is 196 g/mol. The van der Waals surface area contributed by atoms with Crippen LogP contribution in [0.2, 0.25) is 0 Å². The van der Waals surface area contributed by atoms with Gasteiger partial charge in [-0.3, -0.25) is 4.79 Å². The molecule has 4 nitrogen and oxygen atoms in total. The van der Waals surface area contributed by atoms with Gasteiger partial charge in [0, 0.05) is 19.0 Å². The molecular formula is C10H16N2O2. The van der Waals surface area contributed by atoms with Crippen molar-refractivity contribution in [1.82, 2.24) is 10.6 Å². The van der Waals surface area contributed by atoms with Crippen molar-refractivity contribution in [2.45, 2.75) is 38.0 Å². The molecule has 1 aliphatic rings. The van der Waals surface area contributed by atoms with Crippen LogP contribution in [0.4, 0.5) is 0 Å². The molecular weight excluding hydrogens is 180 g/mol. The average molecular weight is 196 g/mol. The topological polar surface area (TPSA) is 61.4 Å². The molecule has 0 aromatic carbocycles. The van der Waals surface area contributed by atoms with Gasteiger partial charge in [-0.05, 0) is 13.3 Å². The lowest BCUT2D eigenvalue weighted by molar-refractivity contribution is -0.123. The molecule has 1 aliphatic heterocycles. The lowest BCUT2D eigenvalue weighted by atomic mass is 10.1. The van der Waals surface area contributed by atoms with Crippen LogP contribution in [-0.2, 0) is 4.79 Å². The Hall–Kier alpha value is -1.05. The summed E-state index contributed by atoms with van der Waals surface area (Å²) in [7, 11) is 0. The summed E-state index contributed by atoms with van der Waals surface area (Å²) in [4.78, 5) is 11.5. The first-order valence-electron chi connectivity index (χ1n) is 4.78. The Morgan fingerprint density at radius 1 is 1.86 bits per heavy atom. The van der Waals surface area contributed by atoms with Crippen LogP contribution in [-0.4, -0.2) is 35.7 Å². The van der Waals surface area contributed by atoms with Crippen molar-refractivity contribution < 1.29 is 9.90 Å². The van der Waals surface area contributed by atoms with Crippen LogP contribution in [0.15, 0.2) is 0 Å². The summed E-state index contributed by atoms with van der Waals surface area (Å²) in [6.07, 6.45) is 5.72. The lowest BCUT2D eigenvalue weighted by Crippen LogP contribution is -2.44. The highest BCUT2D eigenvalue weighted by atomic mass is 16.3. The molecule has 78 valence electrons. The molecule has 0 radical (unpaired) electrons. The van der Waals surface area contributed by atoms with Gasteiger partial charge in [-0.2, -0.15) is 0 Å². The SMILES string of the molecule is C#CCC(C)NC(=O)C1CC(O)CN1. The molecule has 1 amide bonds. The standard InChI is InChI=1S/C10H16N2O2/c1-3-4-7(2)12-10(14)9-5-8(13)6-11-9/h1,7-9,11,13H,4-6H2,2H3,(H,12,14). The molecule has 14 heavy (non-hydrogen) atoms. The number of hydrogen-bond acceptors (Lipinski definition) is 3.